The molecular weight excluding hydrogens is 317 g/mol. The molecule has 0 aliphatic carbocycles. The zero-order valence-corrected chi connectivity index (χ0v) is 12.8. The second-order valence-electron chi connectivity index (χ2n) is 5.05. The van der Waals surface area contributed by atoms with Crippen molar-refractivity contribution in [1.82, 2.24) is 5.32 Å². The maximum Gasteiger partial charge on any atom is 0.326 e. The highest BCUT2D eigenvalue weighted by molar-refractivity contribution is 5.96. The van der Waals surface area contributed by atoms with Crippen molar-refractivity contribution in [3.63, 3.8) is 0 Å². The minimum atomic E-state index is -1.33. The molecule has 24 heavy (non-hydrogen) atoms. The van der Waals surface area contributed by atoms with Crippen LogP contribution in [0.5, 0.6) is 11.5 Å². The highest BCUT2D eigenvalue weighted by Crippen LogP contribution is 2.29. The fourth-order valence-corrected chi connectivity index (χ4v) is 2.16. The van der Waals surface area contributed by atoms with Crippen LogP contribution in [0.1, 0.15) is 15.9 Å². The number of phenolic OH excluding ortho intramolecular Hbond substituents is 1. The molecule has 0 bridgehead atoms. The number of carboxylic acid groups (broad SMARTS) is 1. The van der Waals surface area contributed by atoms with Gasteiger partial charge in [-0.25, -0.2) is 9.18 Å². The molecular formula is C17H16FNO5. The van der Waals surface area contributed by atoms with Crippen molar-refractivity contribution in [2.45, 2.75) is 12.5 Å². The molecule has 7 heteroatoms. The maximum atomic E-state index is 13.9. The third-order valence-electron chi connectivity index (χ3n) is 3.41. The molecule has 0 saturated heterocycles. The molecule has 1 amide bonds. The number of hydrogen-bond acceptors (Lipinski definition) is 4. The average Bonchev–Trinajstić information content (AvgIpc) is 2.56. The molecule has 0 saturated carbocycles. The average molecular weight is 333 g/mol. The number of carboxylic acids is 1. The number of rotatable bonds is 6. The largest absolute Gasteiger partial charge is 0.504 e. The first-order chi connectivity index (χ1) is 11.4. The van der Waals surface area contributed by atoms with E-state index in [1.807, 2.05) is 0 Å². The number of carbonyl (C=O) groups is 2. The van der Waals surface area contributed by atoms with Crippen LogP contribution < -0.4 is 10.1 Å². The Hall–Kier alpha value is -3.09. The van der Waals surface area contributed by atoms with Gasteiger partial charge in [0.05, 0.1) is 7.11 Å². The van der Waals surface area contributed by atoms with Gasteiger partial charge >= 0.3 is 5.97 Å². The van der Waals surface area contributed by atoms with Crippen molar-refractivity contribution < 1.29 is 28.9 Å². The Bertz CT molecular complexity index is 748. The van der Waals surface area contributed by atoms with E-state index in [9.17, 15) is 24.2 Å². The highest BCUT2D eigenvalue weighted by Gasteiger charge is 2.23. The van der Waals surface area contributed by atoms with Crippen LogP contribution in [0.15, 0.2) is 42.5 Å². The molecule has 1 atom stereocenters. The Morgan fingerprint density at radius 3 is 2.50 bits per heavy atom. The van der Waals surface area contributed by atoms with Crippen LogP contribution in [-0.4, -0.2) is 35.2 Å². The molecule has 0 heterocycles. The summed E-state index contributed by atoms with van der Waals surface area (Å²) < 4.78 is 18.8. The van der Waals surface area contributed by atoms with E-state index in [0.29, 0.717) is 5.56 Å². The van der Waals surface area contributed by atoms with Crippen molar-refractivity contribution >= 4 is 11.9 Å². The lowest BCUT2D eigenvalue weighted by molar-refractivity contribution is -0.139. The van der Waals surface area contributed by atoms with Crippen molar-refractivity contribution in [2.75, 3.05) is 7.11 Å². The predicted molar refractivity (Wildman–Crippen MR) is 83.7 cm³/mol. The van der Waals surface area contributed by atoms with Gasteiger partial charge in [0.1, 0.15) is 11.9 Å². The van der Waals surface area contributed by atoms with Gasteiger partial charge in [-0.15, -0.1) is 0 Å². The molecule has 2 rings (SSSR count). The number of nitrogens with one attached hydrogen (secondary N) is 1. The minimum Gasteiger partial charge on any atom is -0.504 e. The highest BCUT2D eigenvalue weighted by atomic mass is 19.1. The van der Waals surface area contributed by atoms with Crippen LogP contribution in [0.2, 0.25) is 0 Å². The van der Waals surface area contributed by atoms with Crippen LogP contribution in [-0.2, 0) is 11.2 Å². The molecule has 6 nitrogen and oxygen atoms in total. The lowest BCUT2D eigenvalue weighted by Gasteiger charge is -2.16. The number of carbonyl (C=O) groups excluding carboxylic acids is 1. The maximum absolute atomic E-state index is 13.9. The number of phenols is 1. The molecule has 0 spiro atoms. The summed E-state index contributed by atoms with van der Waals surface area (Å²) in [6.45, 7) is 0. The normalized spacial score (nSPS) is 11.6. The molecule has 0 aliphatic rings. The van der Waals surface area contributed by atoms with Gasteiger partial charge in [-0.2, -0.15) is 0 Å². The Labute approximate surface area is 137 Å². The van der Waals surface area contributed by atoms with E-state index in [0.717, 1.165) is 6.07 Å². The van der Waals surface area contributed by atoms with Crippen molar-refractivity contribution in [2.24, 2.45) is 0 Å². The summed E-state index contributed by atoms with van der Waals surface area (Å²) in [6, 6.07) is 8.81. The summed E-state index contributed by atoms with van der Waals surface area (Å²) in [4.78, 5) is 23.5. The second-order valence-corrected chi connectivity index (χ2v) is 5.05. The smallest absolute Gasteiger partial charge is 0.326 e. The zero-order chi connectivity index (χ0) is 17.7. The van der Waals surface area contributed by atoms with E-state index >= 15 is 0 Å². The van der Waals surface area contributed by atoms with E-state index in [1.54, 1.807) is 30.3 Å². The molecule has 0 fully saturated rings. The van der Waals surface area contributed by atoms with Gasteiger partial charge in [-0.1, -0.05) is 18.2 Å². The number of methoxy groups -OCH3 is 1. The molecule has 0 aromatic heterocycles. The molecule has 2 aromatic carbocycles. The lowest BCUT2D eigenvalue weighted by atomic mass is 10.0. The minimum absolute atomic E-state index is 0.00501. The van der Waals surface area contributed by atoms with E-state index in [4.69, 9.17) is 4.74 Å². The molecule has 0 aliphatic heterocycles. The summed E-state index contributed by atoms with van der Waals surface area (Å²) in [7, 11) is 1.29. The third kappa shape index (κ3) is 4.01. The van der Waals surface area contributed by atoms with Crippen molar-refractivity contribution in [3.8, 4) is 11.5 Å². The molecule has 2 aromatic rings. The number of benzene rings is 2. The van der Waals surface area contributed by atoms with Gasteiger partial charge in [-0.3, -0.25) is 4.79 Å². The Morgan fingerprint density at radius 1 is 1.25 bits per heavy atom. The van der Waals surface area contributed by atoms with Crippen molar-refractivity contribution in [3.05, 3.63) is 59.4 Å². The van der Waals surface area contributed by atoms with Gasteiger partial charge in [0, 0.05) is 18.1 Å². The van der Waals surface area contributed by atoms with Crippen LogP contribution in [0.4, 0.5) is 4.39 Å². The van der Waals surface area contributed by atoms with Gasteiger partial charge in [0.25, 0.3) is 5.91 Å². The second kappa shape index (κ2) is 7.45. The monoisotopic (exact) mass is 333 g/mol. The summed E-state index contributed by atoms with van der Waals surface area (Å²) in [6.07, 6.45) is -0.295. The lowest BCUT2D eigenvalue weighted by Crippen LogP contribution is -2.42. The van der Waals surface area contributed by atoms with E-state index in [2.05, 4.69) is 5.32 Å². The Morgan fingerprint density at radius 2 is 1.92 bits per heavy atom. The van der Waals surface area contributed by atoms with Crippen LogP contribution in [0.25, 0.3) is 0 Å². The molecule has 0 radical (unpaired) electrons. The number of amides is 1. The molecule has 126 valence electrons. The number of aliphatic carboxylic acids is 1. The first kappa shape index (κ1) is 17.3. The Kier molecular flexibility index (Phi) is 5.36. The summed E-state index contributed by atoms with van der Waals surface area (Å²) in [5.74, 6) is -3.03. The first-order valence-electron chi connectivity index (χ1n) is 7.06. The quantitative estimate of drug-likeness (QED) is 0.751. The standard InChI is InChI=1S/C17H16FNO5/c1-24-15-8-11(12(18)9-14(15)20)7-13(17(22)23)19-16(21)10-5-3-2-4-6-10/h2-6,8-9,13,20H,7H2,1H3,(H,19,21)(H,22,23). The molecule has 3 N–H and O–H groups in total. The Balaban J connectivity index is 2.20. The van der Waals surface area contributed by atoms with E-state index < -0.39 is 23.7 Å². The SMILES string of the molecule is COc1cc(CC(NC(=O)c2ccccc2)C(=O)O)c(F)cc1O. The topological polar surface area (TPSA) is 95.9 Å². The number of aromatic hydroxyl groups is 1. The van der Waals surface area contributed by atoms with Crippen molar-refractivity contribution in [1.29, 1.82) is 0 Å². The fourth-order valence-electron chi connectivity index (χ4n) is 2.16. The van der Waals surface area contributed by atoms with Gasteiger partial charge in [0.2, 0.25) is 0 Å². The fraction of sp³-hybridized carbons (Fsp3) is 0.176. The third-order valence-corrected chi connectivity index (χ3v) is 3.41. The van der Waals surface area contributed by atoms with E-state index in [-0.39, 0.29) is 23.5 Å². The van der Waals surface area contributed by atoms with Gasteiger partial charge < -0.3 is 20.3 Å². The van der Waals surface area contributed by atoms with Crippen LogP contribution in [0, 0.1) is 5.82 Å². The predicted octanol–water partition coefficient (Wildman–Crippen LogP) is 1.97. The van der Waals surface area contributed by atoms with E-state index in [1.165, 1.54) is 13.2 Å². The summed E-state index contributed by atoms with van der Waals surface area (Å²) >= 11 is 0. The number of hydrogen-bond donors (Lipinski definition) is 3. The number of halogens is 1. The zero-order valence-electron chi connectivity index (χ0n) is 12.8. The summed E-state index contributed by atoms with van der Waals surface area (Å²) in [5, 5.41) is 21.1. The van der Waals surface area contributed by atoms with Crippen LogP contribution in [0.3, 0.4) is 0 Å². The molecule has 1 unspecified atom stereocenters. The van der Waals surface area contributed by atoms with Gasteiger partial charge in [0.15, 0.2) is 11.5 Å². The van der Waals surface area contributed by atoms with Crippen LogP contribution >= 0.6 is 0 Å². The first-order valence-corrected chi connectivity index (χ1v) is 7.06. The summed E-state index contributed by atoms with van der Waals surface area (Å²) in [5.41, 5.74) is 0.304. The van der Waals surface area contributed by atoms with Gasteiger partial charge in [-0.05, 0) is 23.8 Å². The number of ether oxygens (including phenoxy) is 1.